The van der Waals surface area contributed by atoms with Crippen LogP contribution < -0.4 is 5.32 Å². The van der Waals surface area contributed by atoms with E-state index in [1.54, 1.807) is 4.90 Å². The minimum absolute atomic E-state index is 0.0417. The number of rotatable bonds is 6. The third kappa shape index (κ3) is 3.45. The summed E-state index contributed by atoms with van der Waals surface area (Å²) in [6.45, 7) is 4.69. The SMILES string of the molecule is CCC[C@@H](NC(=O)C1CC(=O)N(CC)C1)C(=O)O. The summed E-state index contributed by atoms with van der Waals surface area (Å²) in [4.78, 5) is 35.9. The molecule has 0 spiro atoms. The molecule has 2 amide bonds. The third-order valence-electron chi connectivity index (χ3n) is 3.16. The van der Waals surface area contributed by atoms with Crippen LogP contribution >= 0.6 is 0 Å². The lowest BCUT2D eigenvalue weighted by atomic mass is 10.1. The van der Waals surface area contributed by atoms with Gasteiger partial charge < -0.3 is 15.3 Å². The Kier molecular flexibility index (Phi) is 5.12. The number of carboxylic acid groups (broad SMARTS) is 1. The number of carbonyl (C=O) groups excluding carboxylic acids is 2. The Labute approximate surface area is 106 Å². The summed E-state index contributed by atoms with van der Waals surface area (Å²) >= 11 is 0. The van der Waals surface area contributed by atoms with Crippen LogP contribution in [0.15, 0.2) is 0 Å². The maximum Gasteiger partial charge on any atom is 0.326 e. The fourth-order valence-corrected chi connectivity index (χ4v) is 2.09. The fourth-order valence-electron chi connectivity index (χ4n) is 2.09. The molecule has 18 heavy (non-hydrogen) atoms. The van der Waals surface area contributed by atoms with Gasteiger partial charge >= 0.3 is 5.97 Å². The minimum Gasteiger partial charge on any atom is -0.480 e. The van der Waals surface area contributed by atoms with Crippen molar-refractivity contribution in [3.05, 3.63) is 0 Å². The van der Waals surface area contributed by atoms with Crippen molar-refractivity contribution in [3.8, 4) is 0 Å². The van der Waals surface area contributed by atoms with E-state index in [0.717, 1.165) is 0 Å². The number of hydrogen-bond acceptors (Lipinski definition) is 3. The van der Waals surface area contributed by atoms with E-state index in [1.165, 1.54) is 0 Å². The first kappa shape index (κ1) is 14.5. The molecule has 0 bridgehead atoms. The number of nitrogens with zero attached hydrogens (tertiary/aromatic N) is 1. The lowest BCUT2D eigenvalue weighted by molar-refractivity contribution is -0.142. The molecule has 0 saturated carbocycles. The minimum atomic E-state index is -1.03. The Morgan fingerprint density at radius 2 is 2.17 bits per heavy atom. The number of nitrogens with one attached hydrogen (secondary N) is 1. The molecular formula is C12H20N2O4. The Morgan fingerprint density at radius 1 is 1.50 bits per heavy atom. The van der Waals surface area contributed by atoms with E-state index in [4.69, 9.17) is 5.11 Å². The van der Waals surface area contributed by atoms with Crippen LogP contribution in [-0.2, 0) is 14.4 Å². The van der Waals surface area contributed by atoms with Crippen LogP contribution in [0.4, 0.5) is 0 Å². The number of aliphatic carboxylic acids is 1. The molecule has 1 heterocycles. The zero-order chi connectivity index (χ0) is 13.7. The second kappa shape index (κ2) is 6.37. The second-order valence-corrected chi connectivity index (χ2v) is 4.52. The molecule has 102 valence electrons. The Balaban J connectivity index is 2.55. The first-order valence-corrected chi connectivity index (χ1v) is 6.30. The summed E-state index contributed by atoms with van der Waals surface area (Å²) in [5, 5.41) is 11.5. The highest BCUT2D eigenvalue weighted by Gasteiger charge is 2.34. The molecule has 0 aromatic carbocycles. The summed E-state index contributed by atoms with van der Waals surface area (Å²) in [5.41, 5.74) is 0. The van der Waals surface area contributed by atoms with Gasteiger partial charge in [-0.05, 0) is 13.3 Å². The Bertz CT molecular complexity index is 343. The van der Waals surface area contributed by atoms with Gasteiger partial charge in [0.15, 0.2) is 0 Å². The molecule has 1 aliphatic heterocycles. The van der Waals surface area contributed by atoms with Gasteiger partial charge in [0.05, 0.1) is 5.92 Å². The number of likely N-dealkylation sites (tertiary alicyclic amines) is 1. The molecule has 0 aliphatic carbocycles. The first-order valence-electron chi connectivity index (χ1n) is 6.30. The number of amides is 2. The van der Waals surface area contributed by atoms with E-state index < -0.39 is 17.9 Å². The highest BCUT2D eigenvalue weighted by atomic mass is 16.4. The van der Waals surface area contributed by atoms with Crippen LogP contribution in [-0.4, -0.2) is 46.9 Å². The van der Waals surface area contributed by atoms with E-state index >= 15 is 0 Å². The van der Waals surface area contributed by atoms with Gasteiger partial charge in [0.25, 0.3) is 0 Å². The van der Waals surface area contributed by atoms with Crippen LogP contribution in [0, 0.1) is 5.92 Å². The van der Waals surface area contributed by atoms with Crippen molar-refractivity contribution in [3.63, 3.8) is 0 Å². The standard InChI is InChI=1S/C12H20N2O4/c1-3-5-9(12(17)18)13-11(16)8-6-10(15)14(4-2)7-8/h8-9H,3-7H2,1-2H3,(H,13,16)(H,17,18)/t8?,9-/m1/s1. The molecule has 0 aromatic rings. The van der Waals surface area contributed by atoms with E-state index in [9.17, 15) is 14.4 Å². The highest BCUT2D eigenvalue weighted by Crippen LogP contribution is 2.17. The molecule has 1 rings (SSSR count). The van der Waals surface area contributed by atoms with Crippen molar-refractivity contribution in [2.75, 3.05) is 13.1 Å². The fraction of sp³-hybridized carbons (Fsp3) is 0.750. The topological polar surface area (TPSA) is 86.7 Å². The lowest BCUT2D eigenvalue weighted by Crippen LogP contribution is -2.44. The lowest BCUT2D eigenvalue weighted by Gasteiger charge is -2.17. The molecule has 0 radical (unpaired) electrons. The Morgan fingerprint density at radius 3 is 2.61 bits per heavy atom. The predicted molar refractivity (Wildman–Crippen MR) is 64.8 cm³/mol. The van der Waals surface area contributed by atoms with Gasteiger partial charge in [-0.25, -0.2) is 4.79 Å². The molecule has 6 heteroatoms. The van der Waals surface area contributed by atoms with Gasteiger partial charge in [0.1, 0.15) is 6.04 Å². The van der Waals surface area contributed by atoms with Gasteiger partial charge in [0, 0.05) is 19.5 Å². The molecule has 1 saturated heterocycles. The number of hydrogen-bond donors (Lipinski definition) is 2. The van der Waals surface area contributed by atoms with Gasteiger partial charge in [-0.15, -0.1) is 0 Å². The van der Waals surface area contributed by atoms with Crippen molar-refractivity contribution >= 4 is 17.8 Å². The summed E-state index contributed by atoms with van der Waals surface area (Å²) in [5.74, 6) is -1.82. The quantitative estimate of drug-likeness (QED) is 0.712. The van der Waals surface area contributed by atoms with Crippen LogP contribution in [0.3, 0.4) is 0 Å². The number of carboxylic acids is 1. The predicted octanol–water partition coefficient (Wildman–Crippen LogP) is 0.224. The van der Waals surface area contributed by atoms with Gasteiger partial charge in [0.2, 0.25) is 11.8 Å². The summed E-state index contributed by atoms with van der Waals surface area (Å²) in [6, 6.07) is -0.853. The molecule has 2 atom stereocenters. The summed E-state index contributed by atoms with van der Waals surface area (Å²) < 4.78 is 0. The van der Waals surface area contributed by atoms with Crippen molar-refractivity contribution in [1.29, 1.82) is 0 Å². The van der Waals surface area contributed by atoms with Gasteiger partial charge in [-0.3, -0.25) is 9.59 Å². The van der Waals surface area contributed by atoms with Gasteiger partial charge in [-0.1, -0.05) is 13.3 Å². The van der Waals surface area contributed by atoms with Crippen LogP contribution in [0.5, 0.6) is 0 Å². The second-order valence-electron chi connectivity index (χ2n) is 4.52. The van der Waals surface area contributed by atoms with Crippen molar-refractivity contribution in [2.45, 2.75) is 39.2 Å². The smallest absolute Gasteiger partial charge is 0.326 e. The van der Waals surface area contributed by atoms with Crippen LogP contribution in [0.2, 0.25) is 0 Å². The van der Waals surface area contributed by atoms with Crippen molar-refractivity contribution in [1.82, 2.24) is 10.2 Å². The van der Waals surface area contributed by atoms with Gasteiger partial charge in [-0.2, -0.15) is 0 Å². The van der Waals surface area contributed by atoms with Crippen LogP contribution in [0.25, 0.3) is 0 Å². The largest absolute Gasteiger partial charge is 0.480 e. The van der Waals surface area contributed by atoms with Crippen molar-refractivity contribution < 1.29 is 19.5 Å². The molecule has 1 fully saturated rings. The molecular weight excluding hydrogens is 236 g/mol. The zero-order valence-corrected chi connectivity index (χ0v) is 10.8. The third-order valence-corrected chi connectivity index (χ3v) is 3.16. The first-order chi connectivity index (χ1) is 8.49. The normalized spacial score (nSPS) is 20.9. The van der Waals surface area contributed by atoms with Crippen LogP contribution in [0.1, 0.15) is 33.1 Å². The Hall–Kier alpha value is -1.59. The average molecular weight is 256 g/mol. The maximum absolute atomic E-state index is 11.9. The van der Waals surface area contributed by atoms with E-state index in [1.807, 2.05) is 13.8 Å². The van der Waals surface area contributed by atoms with E-state index in [-0.39, 0.29) is 18.2 Å². The number of carbonyl (C=O) groups is 3. The average Bonchev–Trinajstić information content (AvgIpc) is 2.69. The zero-order valence-electron chi connectivity index (χ0n) is 10.8. The molecule has 1 unspecified atom stereocenters. The maximum atomic E-state index is 11.9. The van der Waals surface area contributed by atoms with E-state index in [0.29, 0.717) is 25.9 Å². The summed E-state index contributed by atoms with van der Waals surface area (Å²) in [6.07, 6.45) is 1.26. The van der Waals surface area contributed by atoms with Crippen molar-refractivity contribution in [2.24, 2.45) is 5.92 Å². The molecule has 0 aromatic heterocycles. The summed E-state index contributed by atoms with van der Waals surface area (Å²) in [7, 11) is 0. The van der Waals surface area contributed by atoms with E-state index in [2.05, 4.69) is 5.32 Å². The molecule has 2 N–H and O–H groups in total. The molecule has 6 nitrogen and oxygen atoms in total. The highest BCUT2D eigenvalue weighted by molar-refractivity contribution is 5.91. The molecule has 1 aliphatic rings. The monoisotopic (exact) mass is 256 g/mol.